The Hall–Kier alpha value is -2.21. The average Bonchev–Trinajstić information content (AvgIpc) is 2.41. The van der Waals surface area contributed by atoms with Crippen molar-refractivity contribution < 1.29 is 22.7 Å². The molecule has 0 aromatic heterocycles. The minimum atomic E-state index is -1.11. The van der Waals surface area contributed by atoms with Crippen molar-refractivity contribution >= 4 is 23.3 Å². The van der Waals surface area contributed by atoms with Gasteiger partial charge in [-0.2, -0.15) is 0 Å². The van der Waals surface area contributed by atoms with Crippen molar-refractivity contribution in [1.29, 1.82) is 0 Å². The van der Waals surface area contributed by atoms with E-state index >= 15 is 0 Å². The number of nitrogens with two attached hydrogens (primary N) is 1. The molecular formula is C14H9ClF3NO2. The van der Waals surface area contributed by atoms with Crippen molar-refractivity contribution in [2.24, 2.45) is 0 Å². The van der Waals surface area contributed by atoms with Gasteiger partial charge in [-0.15, -0.1) is 0 Å². The Labute approximate surface area is 123 Å². The summed E-state index contributed by atoms with van der Waals surface area (Å²) in [5.41, 5.74) is 4.41. The largest absolute Gasteiger partial charge is 0.457 e. The molecule has 0 saturated heterocycles. The van der Waals surface area contributed by atoms with E-state index in [-0.39, 0.29) is 16.3 Å². The number of hydrogen-bond donors (Lipinski definition) is 1. The fourth-order valence-corrected chi connectivity index (χ4v) is 1.74. The Balaban J connectivity index is 2.13. The van der Waals surface area contributed by atoms with Crippen molar-refractivity contribution in [2.45, 2.75) is 6.61 Å². The molecule has 0 fully saturated rings. The number of esters is 1. The van der Waals surface area contributed by atoms with Gasteiger partial charge in [-0.25, -0.2) is 18.0 Å². The third-order valence-electron chi connectivity index (χ3n) is 2.68. The predicted octanol–water partition coefficient (Wildman–Crippen LogP) is 3.70. The van der Waals surface area contributed by atoms with Gasteiger partial charge in [0.15, 0.2) is 0 Å². The second kappa shape index (κ2) is 6.05. The molecule has 0 amide bonds. The lowest BCUT2D eigenvalue weighted by Crippen LogP contribution is -2.10. The maximum Gasteiger partial charge on any atom is 0.341 e. The Bertz CT molecular complexity index is 707. The van der Waals surface area contributed by atoms with Gasteiger partial charge in [0.05, 0.1) is 11.3 Å². The molecule has 0 aliphatic carbocycles. The maximum absolute atomic E-state index is 13.5. The van der Waals surface area contributed by atoms with Crippen LogP contribution in [-0.4, -0.2) is 5.97 Å². The number of anilines is 1. The van der Waals surface area contributed by atoms with E-state index in [9.17, 15) is 18.0 Å². The van der Waals surface area contributed by atoms with Gasteiger partial charge in [-0.05, 0) is 18.2 Å². The number of ether oxygens (including phenoxy) is 1. The molecule has 0 atom stereocenters. The minimum Gasteiger partial charge on any atom is -0.457 e. The van der Waals surface area contributed by atoms with Crippen LogP contribution in [-0.2, 0) is 11.3 Å². The smallest absolute Gasteiger partial charge is 0.341 e. The molecule has 0 aliphatic rings. The number of nitrogen functional groups attached to an aromatic ring is 1. The zero-order valence-electron chi connectivity index (χ0n) is 10.5. The van der Waals surface area contributed by atoms with Gasteiger partial charge in [0.2, 0.25) is 0 Å². The number of carbonyl (C=O) groups is 1. The molecule has 7 heteroatoms. The molecule has 0 radical (unpaired) electrons. The molecule has 0 spiro atoms. The van der Waals surface area contributed by atoms with Crippen molar-refractivity contribution in [1.82, 2.24) is 0 Å². The van der Waals surface area contributed by atoms with Gasteiger partial charge in [0.25, 0.3) is 0 Å². The van der Waals surface area contributed by atoms with E-state index in [0.29, 0.717) is 6.07 Å². The average molecular weight is 316 g/mol. The normalized spacial score (nSPS) is 10.5. The molecular weight excluding hydrogens is 307 g/mol. The molecule has 2 aromatic carbocycles. The molecule has 0 heterocycles. The van der Waals surface area contributed by atoms with E-state index in [1.165, 1.54) is 12.1 Å². The van der Waals surface area contributed by atoms with Crippen molar-refractivity contribution in [3.63, 3.8) is 0 Å². The molecule has 2 aromatic rings. The van der Waals surface area contributed by atoms with Gasteiger partial charge >= 0.3 is 5.97 Å². The summed E-state index contributed by atoms with van der Waals surface area (Å²) in [6.45, 7) is -0.418. The molecule has 0 saturated carbocycles. The van der Waals surface area contributed by atoms with Crippen LogP contribution in [0.5, 0.6) is 0 Å². The van der Waals surface area contributed by atoms with E-state index < -0.39 is 35.6 Å². The highest BCUT2D eigenvalue weighted by molar-refractivity contribution is 6.30. The zero-order chi connectivity index (χ0) is 15.6. The quantitative estimate of drug-likeness (QED) is 0.694. The van der Waals surface area contributed by atoms with Crippen LogP contribution in [0.3, 0.4) is 0 Å². The van der Waals surface area contributed by atoms with Crippen LogP contribution in [0.15, 0.2) is 30.3 Å². The Morgan fingerprint density at radius 2 is 1.81 bits per heavy atom. The summed E-state index contributed by atoms with van der Waals surface area (Å²) < 4.78 is 44.7. The molecule has 2 rings (SSSR count). The highest BCUT2D eigenvalue weighted by Crippen LogP contribution is 2.19. The molecule has 3 nitrogen and oxygen atoms in total. The highest BCUT2D eigenvalue weighted by atomic mass is 35.5. The molecule has 2 N–H and O–H groups in total. The summed E-state index contributed by atoms with van der Waals surface area (Å²) in [4.78, 5) is 11.7. The van der Waals surface area contributed by atoms with E-state index in [2.05, 4.69) is 0 Å². The van der Waals surface area contributed by atoms with Crippen LogP contribution in [0.25, 0.3) is 0 Å². The monoisotopic (exact) mass is 315 g/mol. The van der Waals surface area contributed by atoms with Crippen molar-refractivity contribution in [2.75, 3.05) is 5.73 Å². The first-order valence-electron chi connectivity index (χ1n) is 5.74. The van der Waals surface area contributed by atoms with E-state index in [4.69, 9.17) is 22.1 Å². The van der Waals surface area contributed by atoms with Gasteiger partial charge in [-0.1, -0.05) is 17.7 Å². The zero-order valence-corrected chi connectivity index (χ0v) is 11.3. The Morgan fingerprint density at radius 1 is 1.10 bits per heavy atom. The van der Waals surface area contributed by atoms with Crippen LogP contribution in [0.4, 0.5) is 18.9 Å². The lowest BCUT2D eigenvalue weighted by atomic mass is 10.2. The SMILES string of the molecule is Nc1cc(C(=O)OCc2ccc(Cl)cc2F)c(F)cc1F. The predicted molar refractivity (Wildman–Crippen MR) is 71.3 cm³/mol. The van der Waals surface area contributed by atoms with Crippen LogP contribution < -0.4 is 5.73 Å². The molecule has 0 aliphatic heterocycles. The summed E-state index contributed by atoms with van der Waals surface area (Å²) in [7, 11) is 0. The molecule has 110 valence electrons. The van der Waals surface area contributed by atoms with Gasteiger partial charge in [-0.3, -0.25) is 0 Å². The first-order chi connectivity index (χ1) is 9.88. The second-order valence-corrected chi connectivity index (χ2v) is 4.60. The fraction of sp³-hybridized carbons (Fsp3) is 0.0714. The fourth-order valence-electron chi connectivity index (χ4n) is 1.58. The Morgan fingerprint density at radius 3 is 2.48 bits per heavy atom. The van der Waals surface area contributed by atoms with Crippen LogP contribution in [0, 0.1) is 17.5 Å². The maximum atomic E-state index is 13.5. The number of rotatable bonds is 3. The summed E-state index contributed by atoms with van der Waals surface area (Å²) in [5.74, 6) is -3.82. The number of carbonyl (C=O) groups excluding carboxylic acids is 1. The molecule has 0 unspecified atom stereocenters. The van der Waals surface area contributed by atoms with Crippen molar-refractivity contribution in [3.8, 4) is 0 Å². The first kappa shape index (κ1) is 15.2. The van der Waals surface area contributed by atoms with Crippen LogP contribution in [0.1, 0.15) is 15.9 Å². The summed E-state index contributed by atoms with van der Waals surface area (Å²) in [6.07, 6.45) is 0. The number of benzene rings is 2. The Kier molecular flexibility index (Phi) is 4.37. The third kappa shape index (κ3) is 3.46. The topological polar surface area (TPSA) is 52.3 Å². The number of hydrogen-bond acceptors (Lipinski definition) is 3. The number of halogens is 4. The van der Waals surface area contributed by atoms with Gasteiger partial charge in [0.1, 0.15) is 24.1 Å². The first-order valence-corrected chi connectivity index (χ1v) is 6.12. The van der Waals surface area contributed by atoms with E-state index in [1.807, 2.05) is 0 Å². The molecule has 0 bridgehead atoms. The third-order valence-corrected chi connectivity index (χ3v) is 2.92. The van der Waals surface area contributed by atoms with Crippen molar-refractivity contribution in [3.05, 3.63) is 63.9 Å². The lowest BCUT2D eigenvalue weighted by Gasteiger charge is -2.08. The summed E-state index contributed by atoms with van der Waals surface area (Å²) in [6, 6.07) is 5.12. The van der Waals surface area contributed by atoms with Crippen LogP contribution in [0.2, 0.25) is 5.02 Å². The van der Waals surface area contributed by atoms with Crippen LogP contribution >= 0.6 is 11.6 Å². The summed E-state index contributed by atoms with van der Waals surface area (Å²) in [5, 5.41) is 0.194. The van der Waals surface area contributed by atoms with Gasteiger partial charge < -0.3 is 10.5 Å². The van der Waals surface area contributed by atoms with E-state index in [0.717, 1.165) is 12.1 Å². The van der Waals surface area contributed by atoms with Gasteiger partial charge in [0, 0.05) is 16.7 Å². The highest BCUT2D eigenvalue weighted by Gasteiger charge is 2.17. The second-order valence-electron chi connectivity index (χ2n) is 4.17. The lowest BCUT2D eigenvalue weighted by molar-refractivity contribution is 0.0463. The standard InChI is InChI=1S/C14H9ClF3NO2/c15-8-2-1-7(10(16)3-8)6-21-14(20)9-4-13(19)12(18)5-11(9)17/h1-5H,6,19H2. The summed E-state index contributed by atoms with van der Waals surface area (Å²) >= 11 is 5.58. The van der Waals surface area contributed by atoms with E-state index in [1.54, 1.807) is 0 Å². The minimum absolute atomic E-state index is 0.0724. The molecule has 21 heavy (non-hydrogen) atoms.